The van der Waals surface area contributed by atoms with E-state index in [0.29, 0.717) is 16.9 Å². The molecule has 5 rings (SSSR count). The van der Waals surface area contributed by atoms with Gasteiger partial charge in [0.15, 0.2) is 0 Å². The fraction of sp³-hybridized carbons (Fsp3) is 0.241. The molecule has 0 unspecified atom stereocenters. The van der Waals surface area contributed by atoms with Crippen LogP contribution in [0.3, 0.4) is 0 Å². The molecule has 2 aromatic carbocycles. The molecule has 1 amide bonds. The van der Waals surface area contributed by atoms with Gasteiger partial charge in [0, 0.05) is 77.9 Å². The zero-order chi connectivity index (χ0) is 28.1. The highest BCUT2D eigenvalue weighted by molar-refractivity contribution is 6.04. The molecule has 188 valence electrons. The summed E-state index contributed by atoms with van der Waals surface area (Å²) in [5.74, 6) is -0.0557. The van der Waals surface area contributed by atoms with Crippen LogP contribution in [0.15, 0.2) is 79.3 Å². The number of benzene rings is 2. The van der Waals surface area contributed by atoms with E-state index >= 15 is 0 Å². The molecule has 1 saturated heterocycles. The Morgan fingerprint density at radius 3 is 2.62 bits per heavy atom. The maximum atomic E-state index is 13.0. The lowest BCUT2D eigenvalue weighted by Crippen LogP contribution is -2.43. The van der Waals surface area contributed by atoms with Crippen LogP contribution in [0, 0.1) is 6.85 Å². The van der Waals surface area contributed by atoms with Crippen molar-refractivity contribution in [2.75, 3.05) is 43.9 Å². The predicted molar refractivity (Wildman–Crippen MR) is 147 cm³/mol. The van der Waals surface area contributed by atoms with Crippen LogP contribution in [0.1, 0.15) is 25.6 Å². The molecule has 0 bridgehead atoms. The Balaban J connectivity index is 1.31. The molecule has 1 aliphatic heterocycles. The summed E-state index contributed by atoms with van der Waals surface area (Å²) in [6.45, 7) is 2.64. The van der Waals surface area contributed by atoms with E-state index in [9.17, 15) is 4.79 Å². The summed E-state index contributed by atoms with van der Waals surface area (Å²) in [6.07, 6.45) is 4.95. The van der Waals surface area contributed by atoms with Gasteiger partial charge >= 0.3 is 0 Å². The summed E-state index contributed by atoms with van der Waals surface area (Å²) >= 11 is 0. The van der Waals surface area contributed by atoms with E-state index in [2.05, 4.69) is 42.4 Å². The largest absolute Gasteiger partial charge is 0.324 e. The van der Waals surface area contributed by atoms with E-state index in [1.54, 1.807) is 36.8 Å². The number of nitrogens with one attached hydrogen (secondary N) is 2. The SMILES string of the molecule is [2H]C([2H])([2H])c1ccc(NC(=O)c2ccc(CN3CCN(C)CC3)cc2)cc1Nc1nccc(-c2cccnc2)n1. The number of piperazine rings is 1. The van der Waals surface area contributed by atoms with E-state index in [-0.39, 0.29) is 23.1 Å². The first kappa shape index (κ1) is 21.0. The minimum Gasteiger partial charge on any atom is -0.324 e. The molecule has 1 fully saturated rings. The molecule has 4 aromatic rings. The minimum atomic E-state index is -2.38. The lowest BCUT2D eigenvalue weighted by Gasteiger charge is -2.32. The average Bonchev–Trinajstić information content (AvgIpc) is 2.95. The molecule has 0 aliphatic carbocycles. The van der Waals surface area contributed by atoms with E-state index in [0.717, 1.165) is 43.9 Å². The number of aryl methyl sites for hydroxylation is 1. The Labute approximate surface area is 221 Å². The third-order valence-corrected chi connectivity index (χ3v) is 6.35. The van der Waals surface area contributed by atoms with Crippen LogP contribution in [0.25, 0.3) is 11.3 Å². The van der Waals surface area contributed by atoms with Gasteiger partial charge in [-0.1, -0.05) is 18.2 Å². The fourth-order valence-corrected chi connectivity index (χ4v) is 4.17. The standard InChI is InChI=1S/C29H31N7O/c1-21-5-10-25(18-27(21)34-29-31-13-11-26(33-29)24-4-3-12-30-19-24)32-28(37)23-8-6-22(7-9-23)20-36-16-14-35(2)15-17-36/h3-13,18-19H,14-17,20H2,1-2H3,(H,32,37)(H,31,33,34)/i1D3. The van der Waals surface area contributed by atoms with Gasteiger partial charge in [0.25, 0.3) is 5.91 Å². The molecule has 0 saturated carbocycles. The molecule has 0 spiro atoms. The highest BCUT2D eigenvalue weighted by Gasteiger charge is 2.14. The molecule has 0 radical (unpaired) electrons. The van der Waals surface area contributed by atoms with E-state index < -0.39 is 6.85 Å². The number of carbonyl (C=O) groups excluding carboxylic acids is 1. The summed E-state index contributed by atoms with van der Waals surface area (Å²) in [5.41, 5.74) is 3.94. The van der Waals surface area contributed by atoms with Crippen molar-refractivity contribution >= 4 is 23.2 Å². The summed E-state index contributed by atoms with van der Waals surface area (Å²) in [7, 11) is 2.13. The quantitative estimate of drug-likeness (QED) is 0.387. The second-order valence-corrected chi connectivity index (χ2v) is 9.12. The molecule has 2 aromatic heterocycles. The topological polar surface area (TPSA) is 86.3 Å². The fourth-order valence-electron chi connectivity index (χ4n) is 4.17. The van der Waals surface area contributed by atoms with Crippen LogP contribution in [0.2, 0.25) is 0 Å². The number of rotatable bonds is 7. The molecular formula is C29H31N7O. The van der Waals surface area contributed by atoms with E-state index in [4.69, 9.17) is 4.11 Å². The van der Waals surface area contributed by atoms with Gasteiger partial charge in [0.05, 0.1) is 5.69 Å². The van der Waals surface area contributed by atoms with Crippen molar-refractivity contribution in [1.82, 2.24) is 24.8 Å². The van der Waals surface area contributed by atoms with Crippen LogP contribution in [0.4, 0.5) is 17.3 Å². The first-order chi connectivity index (χ1) is 19.2. The minimum absolute atomic E-state index is 0.0918. The Kier molecular flexibility index (Phi) is 6.40. The van der Waals surface area contributed by atoms with Crippen molar-refractivity contribution in [3.05, 3.63) is 95.9 Å². The Morgan fingerprint density at radius 1 is 1.03 bits per heavy atom. The first-order valence-electron chi connectivity index (χ1n) is 13.7. The lowest BCUT2D eigenvalue weighted by molar-refractivity contribution is 0.102. The summed E-state index contributed by atoms with van der Waals surface area (Å²) in [5, 5.41) is 5.91. The highest BCUT2D eigenvalue weighted by atomic mass is 16.1. The number of pyridine rings is 1. The number of amides is 1. The zero-order valence-electron chi connectivity index (χ0n) is 23.7. The third-order valence-electron chi connectivity index (χ3n) is 6.35. The summed E-state index contributed by atoms with van der Waals surface area (Å²) in [4.78, 5) is 30.6. The van der Waals surface area contributed by atoms with Gasteiger partial charge in [-0.2, -0.15) is 0 Å². The highest BCUT2D eigenvalue weighted by Crippen LogP contribution is 2.24. The average molecular weight is 497 g/mol. The number of carbonyl (C=O) groups is 1. The second kappa shape index (κ2) is 11.3. The van der Waals surface area contributed by atoms with Gasteiger partial charge < -0.3 is 15.5 Å². The van der Waals surface area contributed by atoms with Gasteiger partial charge in [-0.15, -0.1) is 0 Å². The Bertz CT molecular complexity index is 1450. The maximum absolute atomic E-state index is 13.0. The summed E-state index contributed by atoms with van der Waals surface area (Å²) < 4.78 is 23.9. The maximum Gasteiger partial charge on any atom is 0.255 e. The predicted octanol–water partition coefficient (Wildman–Crippen LogP) is 4.59. The molecule has 0 atom stereocenters. The lowest BCUT2D eigenvalue weighted by atomic mass is 10.1. The number of hydrogen-bond donors (Lipinski definition) is 2. The van der Waals surface area contributed by atoms with Crippen molar-refractivity contribution in [2.45, 2.75) is 13.4 Å². The Morgan fingerprint density at radius 2 is 1.86 bits per heavy atom. The van der Waals surface area contributed by atoms with Crippen LogP contribution in [0.5, 0.6) is 0 Å². The molecule has 8 heteroatoms. The van der Waals surface area contributed by atoms with Gasteiger partial charge in [-0.05, 0) is 67.5 Å². The summed E-state index contributed by atoms with van der Waals surface area (Å²) in [6, 6.07) is 17.7. The normalized spacial score (nSPS) is 15.9. The second-order valence-electron chi connectivity index (χ2n) is 9.12. The zero-order valence-corrected chi connectivity index (χ0v) is 20.7. The molecule has 3 heterocycles. The molecular weight excluding hydrogens is 462 g/mol. The molecule has 8 nitrogen and oxygen atoms in total. The van der Waals surface area contributed by atoms with Gasteiger partial charge in [0.1, 0.15) is 0 Å². The monoisotopic (exact) mass is 496 g/mol. The van der Waals surface area contributed by atoms with E-state index in [1.807, 2.05) is 36.4 Å². The van der Waals surface area contributed by atoms with Crippen LogP contribution < -0.4 is 10.6 Å². The molecule has 1 aliphatic rings. The smallest absolute Gasteiger partial charge is 0.255 e. The van der Waals surface area contributed by atoms with Gasteiger partial charge in [-0.25, -0.2) is 9.97 Å². The van der Waals surface area contributed by atoms with Gasteiger partial charge in [-0.3, -0.25) is 14.7 Å². The van der Waals surface area contributed by atoms with Crippen molar-refractivity contribution in [1.29, 1.82) is 0 Å². The third kappa shape index (κ3) is 6.35. The Hall–Kier alpha value is -4.14. The van der Waals surface area contributed by atoms with Crippen molar-refractivity contribution in [3.63, 3.8) is 0 Å². The number of aromatic nitrogens is 3. The molecule has 37 heavy (non-hydrogen) atoms. The van der Waals surface area contributed by atoms with Crippen LogP contribution in [-0.2, 0) is 6.54 Å². The van der Waals surface area contributed by atoms with E-state index in [1.165, 1.54) is 6.07 Å². The number of likely N-dealkylation sites (N-methyl/N-ethyl adjacent to an activating group) is 1. The number of nitrogens with zero attached hydrogens (tertiary/aromatic N) is 5. The van der Waals surface area contributed by atoms with Crippen molar-refractivity contribution in [2.24, 2.45) is 0 Å². The number of anilines is 3. The van der Waals surface area contributed by atoms with Crippen molar-refractivity contribution in [3.8, 4) is 11.3 Å². The first-order valence-corrected chi connectivity index (χ1v) is 12.2. The molecule has 2 N–H and O–H groups in total. The number of hydrogen-bond acceptors (Lipinski definition) is 7. The van der Waals surface area contributed by atoms with Crippen LogP contribution in [-0.4, -0.2) is 63.9 Å². The van der Waals surface area contributed by atoms with Crippen LogP contribution >= 0.6 is 0 Å². The van der Waals surface area contributed by atoms with Gasteiger partial charge in [0.2, 0.25) is 5.95 Å². The van der Waals surface area contributed by atoms with Crippen molar-refractivity contribution < 1.29 is 8.91 Å².